The van der Waals surface area contributed by atoms with E-state index in [0.717, 1.165) is 18.7 Å². The molecular weight excluding hydrogens is 291 g/mol. The van der Waals surface area contributed by atoms with Gasteiger partial charge < -0.3 is 4.90 Å². The maximum absolute atomic E-state index is 12.9. The van der Waals surface area contributed by atoms with Crippen LogP contribution in [-0.2, 0) is 17.9 Å². The first-order valence-electron chi connectivity index (χ1n) is 7.83. The molecule has 0 aliphatic heterocycles. The molecule has 0 spiro atoms. The monoisotopic (exact) mass is 314 g/mol. The molecule has 1 amide bonds. The molecule has 2 rings (SSSR count). The molecule has 3 nitrogen and oxygen atoms in total. The second-order valence-corrected chi connectivity index (χ2v) is 5.67. The van der Waals surface area contributed by atoms with Gasteiger partial charge in [-0.2, -0.15) is 0 Å². The molecule has 2 aromatic carbocycles. The molecule has 4 heteroatoms. The minimum absolute atomic E-state index is 0.0621. The summed E-state index contributed by atoms with van der Waals surface area (Å²) in [5.41, 5.74) is 2.12. The first kappa shape index (κ1) is 17.2. The van der Waals surface area contributed by atoms with Gasteiger partial charge in [0.05, 0.1) is 6.54 Å². The summed E-state index contributed by atoms with van der Waals surface area (Å²) in [7, 11) is 1.78. The number of carbonyl (C=O) groups is 1. The maximum Gasteiger partial charge on any atom is 0.236 e. The van der Waals surface area contributed by atoms with E-state index in [0.29, 0.717) is 13.1 Å². The Bertz CT molecular complexity index is 613. The fraction of sp³-hybridized carbons (Fsp3) is 0.316. The molecule has 0 bridgehead atoms. The van der Waals surface area contributed by atoms with Crippen molar-refractivity contribution in [3.05, 3.63) is 71.5 Å². The Morgan fingerprint density at radius 2 is 1.57 bits per heavy atom. The molecule has 23 heavy (non-hydrogen) atoms. The van der Waals surface area contributed by atoms with E-state index < -0.39 is 0 Å². The summed E-state index contributed by atoms with van der Waals surface area (Å²) >= 11 is 0. The standard InChI is InChI=1S/C19H23FN2O/c1-3-22(14-16-7-5-4-6-8-16)15-19(23)21(2)13-17-9-11-18(20)12-10-17/h4-12H,3,13-15H2,1-2H3. The van der Waals surface area contributed by atoms with Crippen molar-refractivity contribution >= 4 is 5.91 Å². The Morgan fingerprint density at radius 3 is 2.17 bits per heavy atom. The van der Waals surface area contributed by atoms with Gasteiger partial charge in [0.25, 0.3) is 0 Å². The zero-order chi connectivity index (χ0) is 16.7. The van der Waals surface area contributed by atoms with Crippen molar-refractivity contribution in [2.24, 2.45) is 0 Å². The van der Waals surface area contributed by atoms with Crippen LogP contribution in [0.4, 0.5) is 4.39 Å². The normalized spacial score (nSPS) is 10.8. The van der Waals surface area contributed by atoms with Gasteiger partial charge in [-0.05, 0) is 29.8 Å². The van der Waals surface area contributed by atoms with Crippen LogP contribution in [0.3, 0.4) is 0 Å². The van der Waals surface area contributed by atoms with E-state index >= 15 is 0 Å². The number of hydrogen-bond donors (Lipinski definition) is 0. The van der Waals surface area contributed by atoms with Crippen LogP contribution in [0, 0.1) is 5.82 Å². The lowest BCUT2D eigenvalue weighted by Crippen LogP contribution is -2.37. The van der Waals surface area contributed by atoms with Gasteiger partial charge >= 0.3 is 0 Å². The quantitative estimate of drug-likeness (QED) is 0.783. The van der Waals surface area contributed by atoms with Crippen LogP contribution >= 0.6 is 0 Å². The number of likely N-dealkylation sites (N-methyl/N-ethyl adjacent to an activating group) is 2. The zero-order valence-corrected chi connectivity index (χ0v) is 13.7. The number of hydrogen-bond acceptors (Lipinski definition) is 2. The topological polar surface area (TPSA) is 23.6 Å². The summed E-state index contributed by atoms with van der Waals surface area (Å²) in [5.74, 6) is -0.199. The molecule has 0 saturated carbocycles. The average Bonchev–Trinajstić information content (AvgIpc) is 2.57. The van der Waals surface area contributed by atoms with Gasteiger partial charge in [-0.3, -0.25) is 9.69 Å². The second-order valence-electron chi connectivity index (χ2n) is 5.67. The Balaban J connectivity index is 1.89. The first-order valence-corrected chi connectivity index (χ1v) is 7.83. The van der Waals surface area contributed by atoms with Crippen molar-refractivity contribution in [2.45, 2.75) is 20.0 Å². The van der Waals surface area contributed by atoms with Crippen molar-refractivity contribution in [3.8, 4) is 0 Å². The molecule has 0 aliphatic rings. The molecule has 0 saturated heterocycles. The SMILES string of the molecule is CCN(CC(=O)N(C)Cc1ccc(F)cc1)Cc1ccccc1. The highest BCUT2D eigenvalue weighted by Crippen LogP contribution is 2.08. The number of carbonyl (C=O) groups excluding carboxylic acids is 1. The van der Waals surface area contributed by atoms with E-state index in [9.17, 15) is 9.18 Å². The molecule has 0 N–H and O–H groups in total. The maximum atomic E-state index is 12.9. The van der Waals surface area contributed by atoms with E-state index in [1.54, 1.807) is 24.1 Å². The molecule has 0 heterocycles. The predicted molar refractivity (Wildman–Crippen MR) is 90.3 cm³/mol. The van der Waals surface area contributed by atoms with Crippen LogP contribution in [0.25, 0.3) is 0 Å². The van der Waals surface area contributed by atoms with Crippen LogP contribution in [0.2, 0.25) is 0 Å². The minimum atomic E-state index is -0.261. The summed E-state index contributed by atoms with van der Waals surface area (Å²) in [6.07, 6.45) is 0. The molecule has 0 aliphatic carbocycles. The minimum Gasteiger partial charge on any atom is -0.340 e. The van der Waals surface area contributed by atoms with Crippen molar-refractivity contribution < 1.29 is 9.18 Å². The van der Waals surface area contributed by atoms with Crippen molar-refractivity contribution in [1.82, 2.24) is 9.80 Å². The Kier molecular flexibility index (Phi) is 6.29. The summed E-state index contributed by atoms with van der Waals surface area (Å²) < 4.78 is 12.9. The number of nitrogens with zero attached hydrogens (tertiary/aromatic N) is 2. The lowest BCUT2D eigenvalue weighted by atomic mass is 10.2. The Morgan fingerprint density at radius 1 is 0.957 bits per heavy atom. The fourth-order valence-electron chi connectivity index (χ4n) is 2.38. The fourth-order valence-corrected chi connectivity index (χ4v) is 2.38. The van der Waals surface area contributed by atoms with Crippen LogP contribution in [0.5, 0.6) is 0 Å². The molecular formula is C19H23FN2O. The lowest BCUT2D eigenvalue weighted by Gasteiger charge is -2.24. The summed E-state index contributed by atoms with van der Waals surface area (Å²) in [6.45, 7) is 4.49. The van der Waals surface area contributed by atoms with Gasteiger partial charge in [0, 0.05) is 20.1 Å². The number of amides is 1. The zero-order valence-electron chi connectivity index (χ0n) is 13.7. The van der Waals surface area contributed by atoms with Crippen LogP contribution < -0.4 is 0 Å². The third-order valence-electron chi connectivity index (χ3n) is 3.81. The highest BCUT2D eigenvalue weighted by molar-refractivity contribution is 5.78. The van der Waals surface area contributed by atoms with Crippen LogP contribution in [0.15, 0.2) is 54.6 Å². The number of benzene rings is 2. The van der Waals surface area contributed by atoms with Gasteiger partial charge in [-0.1, -0.05) is 49.4 Å². The van der Waals surface area contributed by atoms with Crippen molar-refractivity contribution in [2.75, 3.05) is 20.1 Å². The smallest absolute Gasteiger partial charge is 0.236 e. The summed E-state index contributed by atoms with van der Waals surface area (Å²) in [4.78, 5) is 16.2. The summed E-state index contributed by atoms with van der Waals surface area (Å²) in [5, 5.41) is 0. The van der Waals surface area contributed by atoms with Crippen LogP contribution in [0.1, 0.15) is 18.1 Å². The Hall–Kier alpha value is -2.20. The molecule has 0 fully saturated rings. The molecule has 0 radical (unpaired) electrons. The third-order valence-corrected chi connectivity index (χ3v) is 3.81. The number of halogens is 1. The van der Waals surface area contributed by atoms with E-state index in [2.05, 4.69) is 24.0 Å². The lowest BCUT2D eigenvalue weighted by molar-refractivity contribution is -0.131. The molecule has 0 aromatic heterocycles. The first-order chi connectivity index (χ1) is 11.1. The second kappa shape index (κ2) is 8.44. The van der Waals surface area contributed by atoms with Gasteiger partial charge in [0.2, 0.25) is 5.91 Å². The van der Waals surface area contributed by atoms with E-state index in [4.69, 9.17) is 0 Å². The van der Waals surface area contributed by atoms with Crippen LogP contribution in [-0.4, -0.2) is 35.8 Å². The van der Waals surface area contributed by atoms with Crippen molar-refractivity contribution in [3.63, 3.8) is 0 Å². The summed E-state index contributed by atoms with van der Waals surface area (Å²) in [6, 6.07) is 16.4. The average molecular weight is 314 g/mol. The highest BCUT2D eigenvalue weighted by Gasteiger charge is 2.14. The van der Waals surface area contributed by atoms with E-state index in [1.165, 1.54) is 17.7 Å². The van der Waals surface area contributed by atoms with E-state index in [1.807, 2.05) is 18.2 Å². The number of rotatable bonds is 7. The third kappa shape index (κ3) is 5.49. The van der Waals surface area contributed by atoms with Gasteiger partial charge in [0.1, 0.15) is 5.82 Å². The molecule has 0 unspecified atom stereocenters. The Labute approximate surface area is 137 Å². The predicted octanol–water partition coefficient (Wildman–Crippen LogP) is 3.31. The van der Waals surface area contributed by atoms with Gasteiger partial charge in [-0.25, -0.2) is 4.39 Å². The van der Waals surface area contributed by atoms with E-state index in [-0.39, 0.29) is 11.7 Å². The highest BCUT2D eigenvalue weighted by atomic mass is 19.1. The molecule has 2 aromatic rings. The largest absolute Gasteiger partial charge is 0.340 e. The molecule has 122 valence electrons. The van der Waals surface area contributed by atoms with Gasteiger partial charge in [0.15, 0.2) is 0 Å². The van der Waals surface area contributed by atoms with Crippen molar-refractivity contribution in [1.29, 1.82) is 0 Å². The van der Waals surface area contributed by atoms with Gasteiger partial charge in [-0.15, -0.1) is 0 Å². The molecule has 0 atom stereocenters.